The van der Waals surface area contributed by atoms with Gasteiger partial charge in [-0.25, -0.2) is 0 Å². The lowest BCUT2D eigenvalue weighted by atomic mass is 10.0. The lowest BCUT2D eigenvalue weighted by Crippen LogP contribution is -2.28. The number of piperidine rings is 2. The van der Waals surface area contributed by atoms with Crippen molar-refractivity contribution in [3.05, 3.63) is 23.8 Å². The van der Waals surface area contributed by atoms with Crippen molar-refractivity contribution in [2.24, 2.45) is 0 Å². The lowest BCUT2D eigenvalue weighted by Gasteiger charge is -2.30. The van der Waals surface area contributed by atoms with Gasteiger partial charge in [0.05, 0.1) is 0 Å². The maximum absolute atomic E-state index is 4.23. The van der Waals surface area contributed by atoms with Crippen molar-refractivity contribution in [3.8, 4) is 0 Å². The van der Waals surface area contributed by atoms with Gasteiger partial charge in [-0.15, -0.1) is 0 Å². The molecule has 76 valence electrons. The van der Waals surface area contributed by atoms with Crippen LogP contribution in [0.15, 0.2) is 23.8 Å². The summed E-state index contributed by atoms with van der Waals surface area (Å²) in [6.07, 6.45) is 7.98. The van der Waals surface area contributed by atoms with Crippen LogP contribution in [0.3, 0.4) is 0 Å². The Balaban J connectivity index is 1.98. The Kier molecular flexibility index (Phi) is 1.82. The van der Waals surface area contributed by atoms with E-state index < -0.39 is 0 Å². The molecule has 3 aliphatic rings. The zero-order valence-electron chi connectivity index (χ0n) is 8.76. The normalized spacial score (nSPS) is 26.7. The van der Waals surface area contributed by atoms with E-state index >= 15 is 0 Å². The first-order valence-electron chi connectivity index (χ1n) is 5.84. The minimum Gasteiger partial charge on any atom is -0.330 e. The molecule has 3 heterocycles. The molecule has 0 atom stereocenters. The van der Waals surface area contributed by atoms with E-state index in [0.29, 0.717) is 0 Å². The Morgan fingerprint density at radius 3 is 1.79 bits per heavy atom. The van der Waals surface area contributed by atoms with Crippen LogP contribution in [-0.2, 0) is 0 Å². The van der Waals surface area contributed by atoms with Crippen LogP contribution < -0.4 is 0 Å². The summed E-state index contributed by atoms with van der Waals surface area (Å²) in [5.41, 5.74) is 3.20. The SMILES string of the molecule is C=C1N2CCCCC2=C2CCCCN12. The van der Waals surface area contributed by atoms with E-state index in [0.717, 1.165) is 0 Å². The summed E-state index contributed by atoms with van der Waals surface area (Å²) in [5, 5.41) is 0. The highest BCUT2D eigenvalue weighted by Gasteiger charge is 2.34. The van der Waals surface area contributed by atoms with Crippen LogP contribution in [0.4, 0.5) is 0 Å². The molecule has 0 saturated carbocycles. The minimum absolute atomic E-state index is 1.20. The van der Waals surface area contributed by atoms with E-state index in [2.05, 4.69) is 16.4 Å². The van der Waals surface area contributed by atoms with E-state index in [1.165, 1.54) is 57.4 Å². The van der Waals surface area contributed by atoms with Crippen LogP contribution >= 0.6 is 0 Å². The predicted molar refractivity (Wildman–Crippen MR) is 57.3 cm³/mol. The van der Waals surface area contributed by atoms with Crippen molar-refractivity contribution in [2.45, 2.75) is 38.5 Å². The summed E-state index contributed by atoms with van der Waals surface area (Å²) >= 11 is 0. The van der Waals surface area contributed by atoms with E-state index in [1.807, 2.05) is 0 Å². The molecule has 3 rings (SSSR count). The van der Waals surface area contributed by atoms with Gasteiger partial charge < -0.3 is 9.80 Å². The average molecular weight is 190 g/mol. The highest BCUT2D eigenvalue weighted by molar-refractivity contribution is 5.30. The molecular weight excluding hydrogens is 172 g/mol. The number of rotatable bonds is 0. The molecule has 0 bridgehead atoms. The summed E-state index contributed by atoms with van der Waals surface area (Å²) in [7, 11) is 0. The molecule has 0 N–H and O–H groups in total. The van der Waals surface area contributed by atoms with Gasteiger partial charge >= 0.3 is 0 Å². The van der Waals surface area contributed by atoms with Crippen LogP contribution in [0.5, 0.6) is 0 Å². The number of fused-ring (bicyclic) bond motifs is 2. The predicted octanol–water partition coefficient (Wildman–Crippen LogP) is 2.65. The average Bonchev–Trinajstić information content (AvgIpc) is 2.55. The van der Waals surface area contributed by atoms with Crippen molar-refractivity contribution in [2.75, 3.05) is 13.1 Å². The molecular formula is C12H18N2. The van der Waals surface area contributed by atoms with Crippen LogP contribution in [-0.4, -0.2) is 22.9 Å². The standard InChI is InChI=1S/C12H18N2/c1-10-13-8-4-2-6-11(13)12-7-3-5-9-14(10)12/h1-9H2. The van der Waals surface area contributed by atoms with Gasteiger partial charge in [0.25, 0.3) is 0 Å². The van der Waals surface area contributed by atoms with Crippen LogP contribution in [0.2, 0.25) is 0 Å². The molecule has 0 aromatic rings. The third-order valence-corrected chi connectivity index (χ3v) is 3.70. The summed E-state index contributed by atoms with van der Waals surface area (Å²) in [6, 6.07) is 0. The Hall–Kier alpha value is -0.920. The van der Waals surface area contributed by atoms with E-state index in [-0.39, 0.29) is 0 Å². The first-order chi connectivity index (χ1) is 6.88. The molecule has 0 radical (unpaired) electrons. The van der Waals surface area contributed by atoms with Crippen molar-refractivity contribution < 1.29 is 0 Å². The number of nitrogens with zero attached hydrogens (tertiary/aromatic N) is 2. The van der Waals surface area contributed by atoms with Gasteiger partial charge in [-0.05, 0) is 38.5 Å². The van der Waals surface area contributed by atoms with Gasteiger partial charge in [-0.2, -0.15) is 0 Å². The third kappa shape index (κ3) is 1.03. The zero-order chi connectivity index (χ0) is 9.54. The summed E-state index contributed by atoms with van der Waals surface area (Å²) in [4.78, 5) is 4.92. The fourth-order valence-corrected chi connectivity index (χ4v) is 2.98. The van der Waals surface area contributed by atoms with Crippen molar-refractivity contribution in [1.82, 2.24) is 9.80 Å². The summed E-state index contributed by atoms with van der Waals surface area (Å²) in [6.45, 7) is 6.64. The molecule has 2 heteroatoms. The molecule has 2 nitrogen and oxygen atoms in total. The smallest absolute Gasteiger partial charge is 0.105 e. The number of allylic oxidation sites excluding steroid dienone is 2. The van der Waals surface area contributed by atoms with Gasteiger partial charge in [0.2, 0.25) is 0 Å². The van der Waals surface area contributed by atoms with Crippen molar-refractivity contribution in [3.63, 3.8) is 0 Å². The highest BCUT2D eigenvalue weighted by atomic mass is 15.4. The summed E-state index contributed by atoms with van der Waals surface area (Å²) < 4.78 is 0. The molecule has 0 spiro atoms. The second-order valence-corrected chi connectivity index (χ2v) is 4.53. The van der Waals surface area contributed by atoms with Gasteiger partial charge in [-0.3, -0.25) is 0 Å². The van der Waals surface area contributed by atoms with Gasteiger partial charge in [0, 0.05) is 24.5 Å². The number of hydrogen-bond donors (Lipinski definition) is 0. The monoisotopic (exact) mass is 190 g/mol. The van der Waals surface area contributed by atoms with E-state index in [4.69, 9.17) is 0 Å². The molecule has 0 aromatic carbocycles. The van der Waals surface area contributed by atoms with Gasteiger partial charge in [0.15, 0.2) is 0 Å². The fraction of sp³-hybridized carbons (Fsp3) is 0.667. The Bertz CT molecular complexity index is 275. The van der Waals surface area contributed by atoms with Crippen LogP contribution in [0.1, 0.15) is 38.5 Å². The van der Waals surface area contributed by atoms with Crippen molar-refractivity contribution in [1.29, 1.82) is 0 Å². The minimum atomic E-state index is 1.20. The molecule has 14 heavy (non-hydrogen) atoms. The van der Waals surface area contributed by atoms with Crippen LogP contribution in [0, 0.1) is 0 Å². The Labute approximate surface area is 85.9 Å². The first kappa shape index (κ1) is 8.39. The largest absolute Gasteiger partial charge is 0.330 e. The van der Waals surface area contributed by atoms with Crippen molar-refractivity contribution >= 4 is 0 Å². The Morgan fingerprint density at radius 2 is 1.29 bits per heavy atom. The topological polar surface area (TPSA) is 6.48 Å². The van der Waals surface area contributed by atoms with E-state index in [1.54, 1.807) is 11.4 Å². The Morgan fingerprint density at radius 1 is 0.786 bits per heavy atom. The molecule has 2 saturated heterocycles. The quantitative estimate of drug-likeness (QED) is 0.579. The summed E-state index contributed by atoms with van der Waals surface area (Å²) in [5.74, 6) is 1.26. The second-order valence-electron chi connectivity index (χ2n) is 4.53. The molecule has 2 fully saturated rings. The number of hydrogen-bond acceptors (Lipinski definition) is 2. The van der Waals surface area contributed by atoms with Crippen LogP contribution in [0.25, 0.3) is 0 Å². The first-order valence-corrected chi connectivity index (χ1v) is 5.84. The van der Waals surface area contributed by atoms with E-state index in [9.17, 15) is 0 Å². The molecule has 0 aromatic heterocycles. The molecule has 0 amide bonds. The van der Waals surface area contributed by atoms with Gasteiger partial charge in [0.1, 0.15) is 5.82 Å². The third-order valence-electron chi connectivity index (χ3n) is 3.70. The highest BCUT2D eigenvalue weighted by Crippen LogP contribution is 2.41. The molecule has 0 aliphatic carbocycles. The fourth-order valence-electron chi connectivity index (χ4n) is 2.98. The molecule has 3 aliphatic heterocycles. The second kappa shape index (κ2) is 3.04. The molecule has 0 unspecified atom stereocenters. The zero-order valence-corrected chi connectivity index (χ0v) is 8.76. The maximum atomic E-state index is 4.23. The maximum Gasteiger partial charge on any atom is 0.105 e. The lowest BCUT2D eigenvalue weighted by molar-refractivity contribution is 0.293. The van der Waals surface area contributed by atoms with Gasteiger partial charge in [-0.1, -0.05) is 6.58 Å².